The zero-order valence-corrected chi connectivity index (χ0v) is 12.0. The summed E-state index contributed by atoms with van der Waals surface area (Å²) in [6.45, 7) is 3.04. The summed E-state index contributed by atoms with van der Waals surface area (Å²) in [7, 11) is 0. The summed E-state index contributed by atoms with van der Waals surface area (Å²) in [5.41, 5.74) is 2.45. The smallest absolute Gasteiger partial charge is 0.197 e. The molecular weight excluding hydrogens is 258 g/mol. The van der Waals surface area contributed by atoms with E-state index in [4.69, 9.17) is 16.0 Å². The normalized spacial score (nSPS) is 12.5. The molecule has 102 valence electrons. The monoisotopic (exact) mass is 277 g/mol. The maximum atomic E-state index is 6.06. The molecule has 1 unspecified atom stereocenters. The molecule has 0 radical (unpaired) electrons. The van der Waals surface area contributed by atoms with Gasteiger partial charge in [-0.2, -0.15) is 0 Å². The van der Waals surface area contributed by atoms with Gasteiger partial charge in [-0.15, -0.1) is 0 Å². The number of furan rings is 1. The average Bonchev–Trinajstić information content (AvgIpc) is 2.85. The predicted octanol–water partition coefficient (Wildman–Crippen LogP) is 4.61. The van der Waals surface area contributed by atoms with Crippen LogP contribution in [0.1, 0.15) is 36.9 Å². The number of halogens is 1. The maximum absolute atomic E-state index is 6.06. The lowest BCUT2D eigenvalue weighted by molar-refractivity contribution is 0.488. The van der Waals surface area contributed by atoms with Gasteiger partial charge in [0.1, 0.15) is 0 Å². The molecule has 0 aliphatic rings. The molecule has 0 aliphatic carbocycles. The van der Waals surface area contributed by atoms with Crippen LogP contribution in [-0.4, -0.2) is 6.54 Å². The van der Waals surface area contributed by atoms with Crippen LogP contribution >= 0.6 is 11.6 Å². The van der Waals surface area contributed by atoms with Crippen molar-refractivity contribution in [3.05, 3.63) is 59.0 Å². The molecule has 0 amide bonds. The Morgan fingerprint density at radius 1 is 1.21 bits per heavy atom. The minimum absolute atomic E-state index is 0.278. The van der Waals surface area contributed by atoms with Crippen molar-refractivity contribution in [3.63, 3.8) is 0 Å². The van der Waals surface area contributed by atoms with Gasteiger partial charge in [-0.3, -0.25) is 0 Å². The van der Waals surface area contributed by atoms with Crippen molar-refractivity contribution in [2.75, 3.05) is 6.54 Å². The molecule has 0 saturated heterocycles. The van der Waals surface area contributed by atoms with E-state index in [1.165, 1.54) is 5.56 Å². The molecule has 19 heavy (non-hydrogen) atoms. The Bertz CT molecular complexity index is 481. The topological polar surface area (TPSA) is 25.2 Å². The summed E-state index contributed by atoms with van der Waals surface area (Å²) < 4.78 is 5.18. The van der Waals surface area contributed by atoms with Crippen LogP contribution in [0.2, 0.25) is 5.22 Å². The van der Waals surface area contributed by atoms with Crippen LogP contribution in [0.4, 0.5) is 0 Å². The van der Waals surface area contributed by atoms with Crippen molar-refractivity contribution >= 4 is 11.6 Å². The number of benzene rings is 1. The van der Waals surface area contributed by atoms with Gasteiger partial charge in [-0.1, -0.05) is 37.3 Å². The minimum Gasteiger partial charge on any atom is -0.453 e. The van der Waals surface area contributed by atoms with Crippen molar-refractivity contribution in [3.8, 4) is 0 Å². The Morgan fingerprint density at radius 3 is 2.63 bits per heavy atom. The highest BCUT2D eigenvalue weighted by atomic mass is 35.5. The van der Waals surface area contributed by atoms with Gasteiger partial charge in [0.05, 0.1) is 6.26 Å². The van der Waals surface area contributed by atoms with Gasteiger partial charge in [0, 0.05) is 11.6 Å². The molecule has 0 bridgehead atoms. The minimum atomic E-state index is 0.278. The van der Waals surface area contributed by atoms with Crippen molar-refractivity contribution in [1.82, 2.24) is 5.32 Å². The molecule has 1 N–H and O–H groups in total. The highest BCUT2D eigenvalue weighted by Crippen LogP contribution is 2.27. The van der Waals surface area contributed by atoms with Crippen LogP contribution in [0.25, 0.3) is 0 Å². The number of nitrogens with one attached hydrogen (secondary N) is 1. The van der Waals surface area contributed by atoms with Gasteiger partial charge in [0.2, 0.25) is 0 Å². The number of hydrogen-bond donors (Lipinski definition) is 1. The first kappa shape index (κ1) is 14.2. The summed E-state index contributed by atoms with van der Waals surface area (Å²) in [5, 5.41) is 3.97. The van der Waals surface area contributed by atoms with Gasteiger partial charge in [0.25, 0.3) is 0 Å². The van der Waals surface area contributed by atoms with E-state index in [2.05, 4.69) is 42.6 Å². The molecule has 1 aromatic carbocycles. The Balaban J connectivity index is 1.89. The fraction of sp³-hybridized carbons (Fsp3) is 0.375. The largest absolute Gasteiger partial charge is 0.453 e. The fourth-order valence-corrected chi connectivity index (χ4v) is 2.57. The van der Waals surface area contributed by atoms with Crippen LogP contribution in [-0.2, 0) is 6.42 Å². The molecule has 0 saturated carbocycles. The summed E-state index contributed by atoms with van der Waals surface area (Å²) in [5.74, 6) is 0. The first-order valence-corrected chi connectivity index (χ1v) is 7.19. The fourth-order valence-electron chi connectivity index (χ4n) is 2.32. The van der Waals surface area contributed by atoms with E-state index in [1.54, 1.807) is 6.26 Å². The van der Waals surface area contributed by atoms with E-state index >= 15 is 0 Å². The third-order valence-corrected chi connectivity index (χ3v) is 3.58. The van der Waals surface area contributed by atoms with E-state index in [0.29, 0.717) is 5.22 Å². The highest BCUT2D eigenvalue weighted by Gasteiger charge is 2.15. The van der Waals surface area contributed by atoms with Crippen molar-refractivity contribution in [2.24, 2.45) is 0 Å². The molecule has 2 rings (SSSR count). The first-order chi connectivity index (χ1) is 9.31. The molecule has 3 heteroatoms. The van der Waals surface area contributed by atoms with Crippen molar-refractivity contribution in [2.45, 2.75) is 32.2 Å². The van der Waals surface area contributed by atoms with Crippen molar-refractivity contribution in [1.29, 1.82) is 0 Å². The Morgan fingerprint density at radius 2 is 2.00 bits per heavy atom. The molecule has 0 fully saturated rings. The zero-order valence-electron chi connectivity index (χ0n) is 11.2. The van der Waals surface area contributed by atoms with Crippen LogP contribution in [0.15, 0.2) is 47.1 Å². The van der Waals surface area contributed by atoms with Crippen LogP contribution in [0.3, 0.4) is 0 Å². The SMILES string of the molecule is CCNC(CCCc1ccccc1)c1ccoc1Cl. The van der Waals surface area contributed by atoms with Gasteiger partial charge >= 0.3 is 0 Å². The second kappa shape index (κ2) is 7.37. The molecule has 1 heterocycles. The number of hydrogen-bond acceptors (Lipinski definition) is 2. The summed E-state index contributed by atoms with van der Waals surface area (Å²) in [6.07, 6.45) is 4.93. The zero-order chi connectivity index (χ0) is 13.5. The molecular formula is C16H20ClNO. The Hall–Kier alpha value is -1.25. The van der Waals surface area contributed by atoms with E-state index in [0.717, 1.165) is 31.4 Å². The van der Waals surface area contributed by atoms with E-state index < -0.39 is 0 Å². The standard InChI is InChI=1S/C16H20ClNO/c1-2-18-15(14-11-12-19-16(14)17)10-6-9-13-7-4-3-5-8-13/h3-5,7-8,11-12,15,18H,2,6,9-10H2,1H3. The molecule has 2 nitrogen and oxygen atoms in total. The van der Waals surface area contributed by atoms with Crippen LogP contribution < -0.4 is 5.32 Å². The number of rotatable bonds is 7. The van der Waals surface area contributed by atoms with Crippen molar-refractivity contribution < 1.29 is 4.42 Å². The Labute approximate surface area is 119 Å². The van der Waals surface area contributed by atoms with Gasteiger partial charge < -0.3 is 9.73 Å². The summed E-state index contributed by atoms with van der Waals surface area (Å²) >= 11 is 6.06. The first-order valence-electron chi connectivity index (χ1n) is 6.81. The predicted molar refractivity (Wildman–Crippen MR) is 79.5 cm³/mol. The van der Waals surface area contributed by atoms with Gasteiger partial charge in [0.15, 0.2) is 5.22 Å². The van der Waals surface area contributed by atoms with E-state index in [-0.39, 0.29) is 6.04 Å². The lowest BCUT2D eigenvalue weighted by Gasteiger charge is -2.16. The quantitative estimate of drug-likeness (QED) is 0.800. The third kappa shape index (κ3) is 4.12. The second-order valence-corrected chi connectivity index (χ2v) is 4.98. The summed E-state index contributed by atoms with van der Waals surface area (Å²) in [4.78, 5) is 0. The summed E-state index contributed by atoms with van der Waals surface area (Å²) in [6, 6.07) is 12.8. The van der Waals surface area contributed by atoms with E-state index in [1.807, 2.05) is 6.07 Å². The lowest BCUT2D eigenvalue weighted by Crippen LogP contribution is -2.20. The Kier molecular flexibility index (Phi) is 5.49. The van der Waals surface area contributed by atoms with Crippen LogP contribution in [0, 0.1) is 0 Å². The maximum Gasteiger partial charge on any atom is 0.197 e. The lowest BCUT2D eigenvalue weighted by atomic mass is 10.0. The van der Waals surface area contributed by atoms with Crippen LogP contribution in [0.5, 0.6) is 0 Å². The molecule has 1 aromatic heterocycles. The van der Waals surface area contributed by atoms with E-state index in [9.17, 15) is 0 Å². The third-order valence-electron chi connectivity index (χ3n) is 3.27. The molecule has 0 aliphatic heterocycles. The highest BCUT2D eigenvalue weighted by molar-refractivity contribution is 6.29. The van der Waals surface area contributed by atoms with Gasteiger partial charge in [-0.25, -0.2) is 0 Å². The molecule has 1 atom stereocenters. The molecule has 2 aromatic rings. The second-order valence-electron chi connectivity index (χ2n) is 4.64. The number of aryl methyl sites for hydroxylation is 1. The van der Waals surface area contributed by atoms with Gasteiger partial charge in [-0.05, 0) is 49.0 Å². The average molecular weight is 278 g/mol. The molecule has 0 spiro atoms.